The Balaban J connectivity index is 0.000000161. The van der Waals surface area contributed by atoms with Gasteiger partial charge in [-0.3, -0.25) is 0 Å². The molecule has 2 aliphatic rings. The van der Waals surface area contributed by atoms with E-state index in [4.69, 9.17) is 4.42 Å². The van der Waals surface area contributed by atoms with Gasteiger partial charge in [-0.15, -0.1) is 11.6 Å². The molecule has 208 valence electrons. The first-order valence-electron chi connectivity index (χ1n) is 14.5. The van der Waals surface area contributed by atoms with Crippen molar-refractivity contribution in [3.63, 3.8) is 0 Å². The second kappa shape index (κ2) is 13.4. The zero-order valence-corrected chi connectivity index (χ0v) is 28.1. The van der Waals surface area contributed by atoms with E-state index in [0.29, 0.717) is 5.92 Å². The van der Waals surface area contributed by atoms with Crippen LogP contribution in [0.5, 0.6) is 0 Å². The quantitative estimate of drug-likeness (QED) is 0.184. The summed E-state index contributed by atoms with van der Waals surface area (Å²) < 4.78 is 7.22. The van der Waals surface area contributed by atoms with Crippen molar-refractivity contribution >= 4 is 9.28 Å². The van der Waals surface area contributed by atoms with Crippen molar-refractivity contribution in [1.29, 1.82) is 0 Å². The molecule has 0 aliphatic heterocycles. The Morgan fingerprint density at radius 1 is 0.902 bits per heavy atom. The molecule has 2 heteroatoms. The minimum atomic E-state index is 0.177. The van der Waals surface area contributed by atoms with Crippen LogP contribution in [0.1, 0.15) is 81.8 Å². The molecule has 0 N–H and O–H groups in total. The normalized spacial score (nSPS) is 15.1. The second-order valence-electron chi connectivity index (χ2n) is 12.9. The summed E-state index contributed by atoms with van der Waals surface area (Å²) in [5.41, 5.74) is 12.4. The molecule has 4 aromatic rings. The van der Waals surface area contributed by atoms with E-state index < -0.39 is 0 Å². The van der Waals surface area contributed by atoms with Crippen molar-refractivity contribution in [1.82, 2.24) is 0 Å². The van der Waals surface area contributed by atoms with Gasteiger partial charge in [0.05, 0.1) is 6.26 Å². The molecule has 0 bridgehead atoms. The Bertz CT molecular complexity index is 1440. The Hall–Kier alpha value is -2.83. The van der Waals surface area contributed by atoms with Crippen LogP contribution in [0.4, 0.5) is 0 Å². The molecule has 0 saturated heterocycles. The van der Waals surface area contributed by atoms with Crippen LogP contribution in [-0.4, -0.2) is 3.71 Å². The molecule has 6 rings (SSSR count). The first-order chi connectivity index (χ1) is 19.5. The van der Waals surface area contributed by atoms with Gasteiger partial charge in [0.2, 0.25) is 0 Å². The number of hydrogen-bond acceptors (Lipinski definition) is 1. The van der Waals surface area contributed by atoms with Crippen LogP contribution in [0.25, 0.3) is 16.7 Å². The molecule has 1 unspecified atom stereocenters. The fourth-order valence-electron chi connectivity index (χ4n) is 4.90. The predicted octanol–water partition coefficient (Wildman–Crippen LogP) is 9.90. The molecule has 41 heavy (non-hydrogen) atoms. The van der Waals surface area contributed by atoms with Crippen molar-refractivity contribution in [2.75, 3.05) is 0 Å². The maximum absolute atomic E-state index is 4.97. The molecule has 1 atom stereocenters. The number of allylic oxidation sites excluding steroid dienone is 4. The van der Waals surface area contributed by atoms with Gasteiger partial charge >= 0.3 is 70.3 Å². The van der Waals surface area contributed by atoms with Gasteiger partial charge in [0, 0.05) is 6.26 Å². The molecule has 1 heterocycles. The Labute approximate surface area is 262 Å². The van der Waals surface area contributed by atoms with Gasteiger partial charge in [0.1, 0.15) is 0 Å². The number of rotatable bonds is 3. The van der Waals surface area contributed by atoms with Crippen molar-refractivity contribution < 1.29 is 28.7 Å². The van der Waals surface area contributed by atoms with Crippen molar-refractivity contribution in [2.45, 2.75) is 72.1 Å². The molecule has 1 aromatic heterocycles. The van der Waals surface area contributed by atoms with Crippen molar-refractivity contribution in [3.05, 3.63) is 137 Å². The van der Waals surface area contributed by atoms with Gasteiger partial charge in [0.15, 0.2) is 0 Å². The van der Waals surface area contributed by atoms with E-state index in [9.17, 15) is 0 Å². The average molecular weight is 618 g/mol. The van der Waals surface area contributed by atoms with Crippen LogP contribution < -0.4 is 0 Å². The minimum absolute atomic E-state index is 0.177. The van der Waals surface area contributed by atoms with E-state index in [1.165, 1.54) is 63.2 Å². The van der Waals surface area contributed by atoms with Gasteiger partial charge in [-0.05, 0) is 17.4 Å². The third-order valence-electron chi connectivity index (χ3n) is 7.47. The summed E-state index contributed by atoms with van der Waals surface area (Å²) in [6.45, 7) is 15.8. The predicted molar refractivity (Wildman–Crippen MR) is 171 cm³/mol. The van der Waals surface area contributed by atoms with Gasteiger partial charge < -0.3 is 4.42 Å². The molecule has 0 saturated carbocycles. The summed E-state index contributed by atoms with van der Waals surface area (Å²) >= 11 is 1.51. The van der Waals surface area contributed by atoms with E-state index in [1.807, 2.05) is 12.1 Å². The third kappa shape index (κ3) is 8.36. The van der Waals surface area contributed by atoms with Crippen molar-refractivity contribution in [2.24, 2.45) is 5.92 Å². The number of furan rings is 1. The van der Waals surface area contributed by atoms with Crippen LogP contribution in [0.15, 0.2) is 95.8 Å². The summed E-state index contributed by atoms with van der Waals surface area (Å²) in [6, 6.07) is 27.5. The van der Waals surface area contributed by atoms with E-state index in [1.54, 1.807) is 12.5 Å². The standard InChI is InChI=1S/C21H25.C10H9O.C8H8.Zr/c1-20(2,3)16-9-7-14-11-15-8-10-17(21(4,5)6)13-19(15)18(14)12-16;1-8-2-3-9(6-8)10-4-5-11-7-10;1-2-8-6-4-3-5-7-8;/h7,9-10,12-13H,11H2,1-6H3;2-5,7-8H,1H3;1,3-7H,2H2;/q2*-1;;+2. The van der Waals surface area contributed by atoms with Crippen LogP contribution >= 0.6 is 0 Å². The molecule has 0 amide bonds. The SMILES string of the molecule is CC(C)(C)c1c[c-]c2c(c1)-c1cc(C(C)(C)C)ccc1C2.CC1[C-]=C(c2ccoc2)C=C1.[Zr+2]=[CH]Cc1ccccc1. The van der Waals surface area contributed by atoms with Crippen LogP contribution in [0.2, 0.25) is 0 Å². The monoisotopic (exact) mass is 616 g/mol. The molecule has 0 spiro atoms. The molecule has 3 aromatic carbocycles. The van der Waals surface area contributed by atoms with Crippen LogP contribution in [0, 0.1) is 18.1 Å². The summed E-state index contributed by atoms with van der Waals surface area (Å²) in [5, 5.41) is 0. The van der Waals surface area contributed by atoms with Crippen LogP contribution in [0.3, 0.4) is 0 Å². The Kier molecular flexibility index (Phi) is 10.2. The van der Waals surface area contributed by atoms with E-state index in [-0.39, 0.29) is 10.8 Å². The summed E-state index contributed by atoms with van der Waals surface area (Å²) in [5.74, 6) is 0.444. The maximum atomic E-state index is 4.97. The summed E-state index contributed by atoms with van der Waals surface area (Å²) in [6.07, 6.45) is 13.1. The van der Waals surface area contributed by atoms with Gasteiger partial charge in [-0.25, -0.2) is 0 Å². The third-order valence-corrected chi connectivity index (χ3v) is 7.98. The van der Waals surface area contributed by atoms with E-state index in [0.717, 1.165) is 24.0 Å². The Morgan fingerprint density at radius 3 is 2.20 bits per heavy atom. The van der Waals surface area contributed by atoms with Crippen molar-refractivity contribution in [3.8, 4) is 11.1 Å². The molecular formula is C39H42OZr. The zero-order chi connectivity index (χ0) is 29.6. The molecular weight excluding hydrogens is 576 g/mol. The van der Waals surface area contributed by atoms with Gasteiger partial charge in [-0.2, -0.15) is 47.1 Å². The summed E-state index contributed by atoms with van der Waals surface area (Å²) in [4.78, 5) is 0. The number of fused-ring (bicyclic) bond motifs is 3. The van der Waals surface area contributed by atoms with E-state index in [2.05, 4.69) is 131 Å². The Morgan fingerprint density at radius 2 is 1.61 bits per heavy atom. The fraction of sp³-hybridized carbons (Fsp3) is 0.308. The molecule has 2 aliphatic carbocycles. The van der Waals surface area contributed by atoms with E-state index >= 15 is 0 Å². The van der Waals surface area contributed by atoms with Crippen LogP contribution in [-0.2, 0) is 47.9 Å². The molecule has 0 radical (unpaired) electrons. The molecule has 0 fully saturated rings. The fourth-order valence-corrected chi connectivity index (χ4v) is 5.48. The topological polar surface area (TPSA) is 13.1 Å². The first kappa shape index (κ1) is 31.1. The second-order valence-corrected chi connectivity index (χ2v) is 13.9. The number of hydrogen-bond donors (Lipinski definition) is 0. The number of benzene rings is 3. The molecule has 1 nitrogen and oxygen atoms in total. The summed E-state index contributed by atoms with van der Waals surface area (Å²) in [7, 11) is 0. The van der Waals surface area contributed by atoms with Gasteiger partial charge in [0.25, 0.3) is 0 Å². The zero-order valence-electron chi connectivity index (χ0n) is 25.6. The average Bonchev–Trinajstić information content (AvgIpc) is 3.68. The van der Waals surface area contributed by atoms with Gasteiger partial charge in [-0.1, -0.05) is 101 Å². The first-order valence-corrected chi connectivity index (χ1v) is 15.9.